The lowest BCUT2D eigenvalue weighted by Gasteiger charge is -2.07. The molecule has 0 N–H and O–H groups in total. The monoisotopic (exact) mass is 379 g/mol. The van der Waals surface area contributed by atoms with Crippen LogP contribution in [-0.2, 0) is 0 Å². The first-order chi connectivity index (χ1) is 14.4. The van der Waals surface area contributed by atoms with Crippen LogP contribution >= 0.6 is 0 Å². The van der Waals surface area contributed by atoms with Gasteiger partial charge in [0.05, 0.1) is 18.1 Å². The van der Waals surface area contributed by atoms with Gasteiger partial charge in [-0.3, -0.25) is 0 Å². The van der Waals surface area contributed by atoms with Crippen molar-refractivity contribution in [1.82, 2.24) is 14.8 Å². The Balaban J connectivity index is 1.41. The summed E-state index contributed by atoms with van der Waals surface area (Å²) in [6.45, 7) is 0. The molecule has 0 saturated carbocycles. The van der Waals surface area contributed by atoms with Crippen LogP contribution in [0.15, 0.2) is 108 Å². The van der Waals surface area contributed by atoms with Crippen molar-refractivity contribution in [2.75, 3.05) is 0 Å². The van der Waals surface area contributed by atoms with E-state index in [-0.39, 0.29) is 0 Å². The minimum absolute atomic E-state index is 0.593. The molecule has 0 atom stereocenters. The molecular weight excluding hydrogens is 362 g/mol. The van der Waals surface area contributed by atoms with E-state index in [9.17, 15) is 0 Å². The number of ether oxygens (including phenoxy) is 1. The van der Waals surface area contributed by atoms with E-state index < -0.39 is 0 Å². The van der Waals surface area contributed by atoms with Crippen LogP contribution in [0.5, 0.6) is 11.5 Å². The van der Waals surface area contributed by atoms with E-state index in [4.69, 9.17) is 9.15 Å². The highest BCUT2D eigenvalue weighted by Crippen LogP contribution is 2.31. The van der Waals surface area contributed by atoms with Crippen LogP contribution in [0, 0.1) is 0 Å². The van der Waals surface area contributed by atoms with Crippen LogP contribution in [0.3, 0.4) is 0 Å². The van der Waals surface area contributed by atoms with Crippen LogP contribution in [0.1, 0.15) is 0 Å². The van der Waals surface area contributed by atoms with E-state index in [2.05, 4.69) is 10.1 Å². The third-order valence-corrected chi connectivity index (χ3v) is 4.56. The van der Waals surface area contributed by atoms with Gasteiger partial charge in [0.25, 0.3) is 0 Å². The summed E-state index contributed by atoms with van der Waals surface area (Å²) in [6.07, 6.45) is 7.06. The predicted molar refractivity (Wildman–Crippen MR) is 111 cm³/mol. The molecule has 0 saturated heterocycles. The Kier molecular flexibility index (Phi) is 4.39. The maximum absolute atomic E-state index is 5.85. The molecule has 0 aliphatic rings. The summed E-state index contributed by atoms with van der Waals surface area (Å²) in [5.41, 5.74) is 3.89. The van der Waals surface area contributed by atoms with Crippen molar-refractivity contribution < 1.29 is 9.15 Å². The Morgan fingerprint density at radius 3 is 2.24 bits per heavy atom. The summed E-state index contributed by atoms with van der Waals surface area (Å²) in [7, 11) is 0. The van der Waals surface area contributed by atoms with Crippen molar-refractivity contribution in [2.45, 2.75) is 0 Å². The maximum Gasteiger partial charge on any atom is 0.226 e. The lowest BCUT2D eigenvalue weighted by atomic mass is 10.0. The average molecular weight is 379 g/mol. The van der Waals surface area contributed by atoms with Gasteiger partial charge in [0.1, 0.15) is 17.8 Å². The van der Waals surface area contributed by atoms with Crippen molar-refractivity contribution in [1.29, 1.82) is 0 Å². The molecule has 140 valence electrons. The van der Waals surface area contributed by atoms with Crippen molar-refractivity contribution in [3.63, 3.8) is 0 Å². The molecule has 2 heterocycles. The molecule has 0 spiro atoms. The van der Waals surface area contributed by atoms with Crippen molar-refractivity contribution in [3.05, 3.63) is 104 Å². The Morgan fingerprint density at radius 1 is 0.759 bits per heavy atom. The first-order valence-electron chi connectivity index (χ1n) is 9.24. The Bertz CT molecular complexity index is 1210. The standard InChI is InChI=1S/C24H17N3O2/c1-2-6-20(7-3-1)29-21-12-10-19(11-13-21)27-17-18(16-26-27)22-8-4-5-9-23(22)24-25-14-15-28-24/h1-17H. The molecule has 5 heteroatoms. The van der Waals surface area contributed by atoms with E-state index in [0.29, 0.717) is 5.89 Å². The molecule has 0 radical (unpaired) electrons. The second-order valence-electron chi connectivity index (χ2n) is 6.47. The SMILES string of the molecule is c1ccc(Oc2ccc(-n3cc(-c4ccccc4-c4ncco4)cn3)cc2)cc1. The van der Waals surface area contributed by atoms with Crippen LogP contribution in [-0.4, -0.2) is 14.8 Å². The van der Waals surface area contributed by atoms with E-state index in [1.807, 2.05) is 95.9 Å². The molecule has 0 aliphatic carbocycles. The highest BCUT2D eigenvalue weighted by atomic mass is 16.5. The fourth-order valence-electron chi connectivity index (χ4n) is 3.17. The maximum atomic E-state index is 5.85. The molecule has 0 unspecified atom stereocenters. The van der Waals surface area contributed by atoms with E-state index in [1.165, 1.54) is 0 Å². The van der Waals surface area contributed by atoms with E-state index >= 15 is 0 Å². The zero-order valence-electron chi connectivity index (χ0n) is 15.5. The van der Waals surface area contributed by atoms with Crippen LogP contribution in [0.4, 0.5) is 0 Å². The van der Waals surface area contributed by atoms with Gasteiger partial charge in [-0.2, -0.15) is 5.10 Å². The Labute approximate surface area is 167 Å². The number of nitrogens with zero attached hydrogens (tertiary/aromatic N) is 3. The highest BCUT2D eigenvalue weighted by molar-refractivity contribution is 5.79. The first kappa shape index (κ1) is 17.0. The minimum Gasteiger partial charge on any atom is -0.457 e. The van der Waals surface area contributed by atoms with Crippen LogP contribution < -0.4 is 4.74 Å². The number of para-hydroxylation sites is 1. The third-order valence-electron chi connectivity index (χ3n) is 4.56. The zero-order chi connectivity index (χ0) is 19.5. The molecule has 29 heavy (non-hydrogen) atoms. The van der Waals surface area contributed by atoms with E-state index in [0.717, 1.165) is 33.9 Å². The lowest BCUT2D eigenvalue weighted by Crippen LogP contribution is -1.93. The van der Waals surface area contributed by atoms with Gasteiger partial charge in [0, 0.05) is 17.3 Å². The fraction of sp³-hybridized carbons (Fsp3) is 0. The van der Waals surface area contributed by atoms with Gasteiger partial charge in [-0.25, -0.2) is 9.67 Å². The molecule has 5 aromatic rings. The second-order valence-corrected chi connectivity index (χ2v) is 6.47. The second kappa shape index (κ2) is 7.48. The first-order valence-corrected chi connectivity index (χ1v) is 9.24. The molecule has 0 aliphatic heterocycles. The van der Waals surface area contributed by atoms with Crippen LogP contribution in [0.25, 0.3) is 28.3 Å². The van der Waals surface area contributed by atoms with Crippen molar-refractivity contribution in [2.24, 2.45) is 0 Å². The lowest BCUT2D eigenvalue weighted by molar-refractivity contribution is 0.482. The molecule has 0 bridgehead atoms. The van der Waals surface area contributed by atoms with Gasteiger partial charge < -0.3 is 9.15 Å². The topological polar surface area (TPSA) is 53.1 Å². The smallest absolute Gasteiger partial charge is 0.226 e. The van der Waals surface area contributed by atoms with Gasteiger partial charge in [0.2, 0.25) is 5.89 Å². The van der Waals surface area contributed by atoms with Gasteiger partial charge in [-0.05, 0) is 48.0 Å². The zero-order valence-corrected chi connectivity index (χ0v) is 15.5. The molecule has 5 rings (SSSR count). The molecular formula is C24H17N3O2. The van der Waals surface area contributed by atoms with Gasteiger partial charge in [0.15, 0.2) is 0 Å². The molecule has 0 amide bonds. The fourth-order valence-corrected chi connectivity index (χ4v) is 3.17. The number of rotatable bonds is 5. The average Bonchev–Trinajstić information content (AvgIpc) is 3.48. The van der Waals surface area contributed by atoms with Crippen molar-refractivity contribution >= 4 is 0 Å². The molecule has 5 nitrogen and oxygen atoms in total. The number of hydrogen-bond acceptors (Lipinski definition) is 4. The highest BCUT2D eigenvalue weighted by Gasteiger charge is 2.12. The molecule has 3 aromatic carbocycles. The third kappa shape index (κ3) is 3.53. The summed E-state index contributed by atoms with van der Waals surface area (Å²) >= 11 is 0. The number of aromatic nitrogens is 3. The molecule has 0 fully saturated rings. The Hall–Kier alpha value is -4.12. The number of hydrogen-bond donors (Lipinski definition) is 0. The summed E-state index contributed by atoms with van der Waals surface area (Å²) in [6, 6.07) is 25.6. The summed E-state index contributed by atoms with van der Waals surface area (Å²) in [4.78, 5) is 4.27. The largest absolute Gasteiger partial charge is 0.457 e. The summed E-state index contributed by atoms with van der Waals surface area (Å²) in [5, 5.41) is 4.52. The van der Waals surface area contributed by atoms with Gasteiger partial charge in [-0.1, -0.05) is 36.4 Å². The number of benzene rings is 3. The van der Waals surface area contributed by atoms with E-state index in [1.54, 1.807) is 12.5 Å². The summed E-state index contributed by atoms with van der Waals surface area (Å²) < 4.78 is 13.2. The minimum atomic E-state index is 0.593. The molecule has 2 aromatic heterocycles. The quantitative estimate of drug-likeness (QED) is 0.376. The normalized spacial score (nSPS) is 10.8. The number of oxazole rings is 1. The van der Waals surface area contributed by atoms with Crippen LogP contribution in [0.2, 0.25) is 0 Å². The summed E-state index contributed by atoms with van der Waals surface area (Å²) in [5.74, 6) is 2.18. The van der Waals surface area contributed by atoms with Gasteiger partial charge >= 0.3 is 0 Å². The van der Waals surface area contributed by atoms with Crippen molar-refractivity contribution in [3.8, 4) is 39.8 Å². The predicted octanol–water partition coefficient (Wildman–Crippen LogP) is 5.99. The Morgan fingerprint density at radius 2 is 1.48 bits per heavy atom. The van der Waals surface area contributed by atoms with Gasteiger partial charge in [-0.15, -0.1) is 0 Å².